The zero-order valence-corrected chi connectivity index (χ0v) is 17.0. The predicted molar refractivity (Wildman–Crippen MR) is 117 cm³/mol. The van der Waals surface area contributed by atoms with Gasteiger partial charge in [0.25, 0.3) is 0 Å². The predicted octanol–water partition coefficient (Wildman–Crippen LogP) is 4.79. The van der Waals surface area contributed by atoms with Crippen LogP contribution < -0.4 is 5.32 Å². The van der Waals surface area contributed by atoms with Gasteiger partial charge in [0.05, 0.1) is 5.71 Å². The molecule has 29 heavy (non-hydrogen) atoms. The molecule has 3 aromatic rings. The molecule has 1 fully saturated rings. The number of oxime groups is 1. The number of nitrogens with one attached hydrogen (secondary N) is 1. The van der Waals surface area contributed by atoms with Crippen molar-refractivity contribution in [1.82, 2.24) is 10.3 Å². The molecule has 0 aliphatic carbocycles. The molecule has 1 aliphatic rings. The first-order chi connectivity index (χ1) is 14.2. The second kappa shape index (κ2) is 8.58. The Morgan fingerprint density at radius 1 is 1.10 bits per heavy atom. The van der Waals surface area contributed by atoms with E-state index in [9.17, 15) is 5.21 Å². The van der Waals surface area contributed by atoms with E-state index in [2.05, 4.69) is 70.9 Å². The van der Waals surface area contributed by atoms with Crippen LogP contribution in [-0.2, 0) is 0 Å². The van der Waals surface area contributed by atoms with Crippen LogP contribution in [0.1, 0.15) is 51.8 Å². The van der Waals surface area contributed by atoms with Gasteiger partial charge in [-0.2, -0.15) is 0 Å². The summed E-state index contributed by atoms with van der Waals surface area (Å²) in [6, 6.07) is 21.3. The molecule has 4 heteroatoms. The average molecular weight is 386 g/mol. The van der Waals surface area contributed by atoms with Crippen molar-refractivity contribution in [2.75, 3.05) is 13.1 Å². The quantitative estimate of drug-likeness (QED) is 0.364. The third kappa shape index (κ3) is 4.22. The summed E-state index contributed by atoms with van der Waals surface area (Å²) in [4.78, 5) is 4.26. The maximum atomic E-state index is 9.80. The Labute approximate surface area is 172 Å². The van der Waals surface area contributed by atoms with E-state index in [0.717, 1.165) is 24.3 Å². The van der Waals surface area contributed by atoms with E-state index in [1.54, 1.807) is 6.20 Å². The fourth-order valence-corrected chi connectivity index (χ4v) is 4.04. The molecule has 0 spiro atoms. The molecule has 148 valence electrons. The minimum Gasteiger partial charge on any atom is -0.411 e. The van der Waals surface area contributed by atoms with Crippen LogP contribution >= 0.6 is 0 Å². The van der Waals surface area contributed by atoms with Gasteiger partial charge in [-0.3, -0.25) is 4.98 Å². The molecule has 0 bridgehead atoms. The first-order valence-corrected chi connectivity index (χ1v) is 10.2. The summed E-state index contributed by atoms with van der Waals surface area (Å²) in [5.41, 5.74) is 7.63. The summed E-state index contributed by atoms with van der Waals surface area (Å²) in [6.45, 7) is 6.21. The van der Waals surface area contributed by atoms with Crippen molar-refractivity contribution in [1.29, 1.82) is 0 Å². The fraction of sp³-hybridized carbons (Fsp3) is 0.280. The standard InChI is InChI=1S/C25H27N3O/c1-17-5-3-4-6-23(17)24(14-25(28-29)21-11-12-27-18(2)13-21)20-9-7-19(8-10-20)22-15-26-16-22/h3-13,22,24,26,29H,14-16H2,1-2H3/b28-25+/t24-/m1/s1. The van der Waals surface area contributed by atoms with Crippen molar-refractivity contribution >= 4 is 5.71 Å². The highest BCUT2D eigenvalue weighted by Crippen LogP contribution is 2.33. The van der Waals surface area contributed by atoms with Gasteiger partial charge < -0.3 is 10.5 Å². The van der Waals surface area contributed by atoms with Gasteiger partial charge in [-0.25, -0.2) is 0 Å². The Bertz CT molecular complexity index is 1010. The van der Waals surface area contributed by atoms with Gasteiger partial charge >= 0.3 is 0 Å². The molecular formula is C25H27N3O. The maximum Gasteiger partial charge on any atom is 0.0878 e. The van der Waals surface area contributed by atoms with Crippen molar-refractivity contribution in [3.8, 4) is 0 Å². The van der Waals surface area contributed by atoms with Gasteiger partial charge in [-0.15, -0.1) is 0 Å². The summed E-state index contributed by atoms with van der Waals surface area (Å²) >= 11 is 0. The van der Waals surface area contributed by atoms with E-state index >= 15 is 0 Å². The lowest BCUT2D eigenvalue weighted by Crippen LogP contribution is -2.39. The van der Waals surface area contributed by atoms with E-state index in [1.165, 1.54) is 22.3 Å². The zero-order chi connectivity index (χ0) is 20.2. The molecule has 0 amide bonds. The molecule has 0 saturated carbocycles. The number of nitrogens with zero attached hydrogens (tertiary/aromatic N) is 2. The summed E-state index contributed by atoms with van der Waals surface area (Å²) in [5.74, 6) is 0.736. The summed E-state index contributed by atoms with van der Waals surface area (Å²) < 4.78 is 0. The van der Waals surface area contributed by atoms with Crippen LogP contribution in [0.3, 0.4) is 0 Å². The monoisotopic (exact) mass is 385 g/mol. The number of aryl methyl sites for hydroxylation is 2. The Kier molecular flexibility index (Phi) is 5.72. The van der Waals surface area contributed by atoms with Crippen LogP contribution in [0.25, 0.3) is 0 Å². The SMILES string of the molecule is Cc1cc(/C(C[C@H](c2ccc(C3CNC3)cc2)c2ccccc2C)=N/O)ccn1. The largest absolute Gasteiger partial charge is 0.411 e. The molecule has 1 saturated heterocycles. The highest BCUT2D eigenvalue weighted by molar-refractivity contribution is 6.00. The van der Waals surface area contributed by atoms with Gasteiger partial charge in [0.1, 0.15) is 0 Å². The van der Waals surface area contributed by atoms with Crippen molar-refractivity contribution in [3.63, 3.8) is 0 Å². The second-order valence-electron chi connectivity index (χ2n) is 7.87. The normalized spacial score (nSPS) is 15.7. The fourth-order valence-electron chi connectivity index (χ4n) is 4.04. The van der Waals surface area contributed by atoms with Crippen LogP contribution in [-0.4, -0.2) is 29.0 Å². The molecule has 4 nitrogen and oxygen atoms in total. The second-order valence-corrected chi connectivity index (χ2v) is 7.87. The Hall–Kier alpha value is -2.98. The highest BCUT2D eigenvalue weighted by Gasteiger charge is 2.22. The number of hydrogen-bond donors (Lipinski definition) is 2. The van der Waals surface area contributed by atoms with E-state index < -0.39 is 0 Å². The van der Waals surface area contributed by atoms with Crippen molar-refractivity contribution in [2.24, 2.45) is 5.16 Å². The van der Waals surface area contributed by atoms with E-state index in [1.807, 2.05) is 19.1 Å². The van der Waals surface area contributed by atoms with Crippen molar-refractivity contribution in [3.05, 3.63) is 100 Å². The lowest BCUT2D eigenvalue weighted by Gasteiger charge is -2.28. The lowest BCUT2D eigenvalue weighted by molar-refractivity contribution is 0.317. The van der Waals surface area contributed by atoms with Gasteiger partial charge in [-0.1, -0.05) is 53.7 Å². The third-order valence-electron chi connectivity index (χ3n) is 5.90. The minimum atomic E-state index is 0.115. The number of aromatic nitrogens is 1. The van der Waals surface area contributed by atoms with Crippen molar-refractivity contribution in [2.45, 2.75) is 32.1 Å². The summed E-state index contributed by atoms with van der Waals surface area (Å²) in [7, 11) is 0. The van der Waals surface area contributed by atoms with Gasteiger partial charge in [0, 0.05) is 48.8 Å². The molecule has 0 radical (unpaired) electrons. The third-order valence-corrected chi connectivity index (χ3v) is 5.90. The first kappa shape index (κ1) is 19.3. The average Bonchev–Trinajstić information content (AvgIpc) is 2.69. The summed E-state index contributed by atoms with van der Waals surface area (Å²) in [6.07, 6.45) is 2.38. The minimum absolute atomic E-state index is 0.115. The van der Waals surface area contributed by atoms with Gasteiger partial charge in [0.15, 0.2) is 0 Å². The molecule has 2 heterocycles. The van der Waals surface area contributed by atoms with Crippen LogP contribution in [0.2, 0.25) is 0 Å². The Morgan fingerprint density at radius 3 is 2.48 bits per heavy atom. The Balaban J connectivity index is 1.69. The highest BCUT2D eigenvalue weighted by atomic mass is 16.4. The number of pyridine rings is 1. The molecule has 2 aromatic carbocycles. The number of benzene rings is 2. The van der Waals surface area contributed by atoms with E-state index in [4.69, 9.17) is 0 Å². The molecular weight excluding hydrogens is 358 g/mol. The van der Waals surface area contributed by atoms with E-state index in [-0.39, 0.29) is 5.92 Å². The molecule has 1 aromatic heterocycles. The van der Waals surface area contributed by atoms with Crippen LogP contribution in [0.4, 0.5) is 0 Å². The zero-order valence-electron chi connectivity index (χ0n) is 17.0. The first-order valence-electron chi connectivity index (χ1n) is 10.2. The smallest absolute Gasteiger partial charge is 0.0878 e. The van der Waals surface area contributed by atoms with Crippen LogP contribution in [0.5, 0.6) is 0 Å². The van der Waals surface area contributed by atoms with Gasteiger partial charge in [-0.05, 0) is 48.2 Å². The maximum absolute atomic E-state index is 9.80. The van der Waals surface area contributed by atoms with Gasteiger partial charge in [0.2, 0.25) is 0 Å². The lowest BCUT2D eigenvalue weighted by atomic mass is 9.82. The molecule has 4 rings (SSSR count). The Morgan fingerprint density at radius 2 is 1.86 bits per heavy atom. The topological polar surface area (TPSA) is 57.5 Å². The van der Waals surface area contributed by atoms with Crippen LogP contribution in [0.15, 0.2) is 72.0 Å². The number of hydrogen-bond acceptors (Lipinski definition) is 4. The molecule has 1 aliphatic heterocycles. The molecule has 0 unspecified atom stereocenters. The van der Waals surface area contributed by atoms with Crippen molar-refractivity contribution < 1.29 is 5.21 Å². The van der Waals surface area contributed by atoms with E-state index in [0.29, 0.717) is 18.1 Å². The number of rotatable bonds is 6. The summed E-state index contributed by atoms with van der Waals surface area (Å²) in [5, 5.41) is 16.8. The molecule has 1 atom stereocenters. The molecule has 2 N–H and O–H groups in total. The van der Waals surface area contributed by atoms with Crippen LogP contribution in [0, 0.1) is 13.8 Å².